The lowest BCUT2D eigenvalue weighted by Gasteiger charge is -2.13. The Labute approximate surface area is 137 Å². The Kier molecular flexibility index (Phi) is 4.07. The van der Waals surface area contributed by atoms with Crippen molar-refractivity contribution in [2.45, 2.75) is 0 Å². The largest absolute Gasteiger partial charge is 0.493 e. The lowest BCUT2D eigenvalue weighted by Crippen LogP contribution is -2.04. The van der Waals surface area contributed by atoms with Crippen molar-refractivity contribution in [3.8, 4) is 17.2 Å². The predicted octanol–water partition coefficient (Wildman–Crippen LogP) is 2.73. The molecule has 24 heavy (non-hydrogen) atoms. The van der Waals surface area contributed by atoms with Crippen molar-refractivity contribution in [3.63, 3.8) is 0 Å². The molecule has 3 rings (SSSR count). The van der Waals surface area contributed by atoms with Gasteiger partial charge in [0.05, 0.1) is 21.3 Å². The highest BCUT2D eigenvalue weighted by Crippen LogP contribution is 2.38. The van der Waals surface area contributed by atoms with Crippen LogP contribution in [0.2, 0.25) is 0 Å². The molecule has 2 heterocycles. The highest BCUT2D eigenvalue weighted by molar-refractivity contribution is 6.08. The summed E-state index contributed by atoms with van der Waals surface area (Å²) in [5.74, 6) is 0.386. The number of fused-ring (bicyclic) bond motifs is 1. The lowest BCUT2D eigenvalue weighted by atomic mass is 10.1. The summed E-state index contributed by atoms with van der Waals surface area (Å²) >= 11 is 0. The summed E-state index contributed by atoms with van der Waals surface area (Å²) in [6.45, 7) is 0. The average molecular weight is 330 g/mol. The summed E-state index contributed by atoms with van der Waals surface area (Å²) in [7, 11) is 4.43. The van der Waals surface area contributed by atoms with E-state index in [1.54, 1.807) is 22.7 Å². The number of ketones is 1. The Morgan fingerprint density at radius 3 is 2.33 bits per heavy atom. The maximum atomic E-state index is 13.3. The van der Waals surface area contributed by atoms with Gasteiger partial charge in [-0.05, 0) is 18.2 Å². The van der Waals surface area contributed by atoms with Crippen molar-refractivity contribution in [2.24, 2.45) is 0 Å². The number of carbonyl (C=O) groups excluding carboxylic acids is 1. The third-order valence-electron chi connectivity index (χ3n) is 3.58. The molecule has 0 saturated heterocycles. The molecule has 6 nitrogen and oxygen atoms in total. The number of pyridine rings is 1. The van der Waals surface area contributed by atoms with Gasteiger partial charge in [0.15, 0.2) is 11.5 Å². The standard InChI is InChI=1S/C17H15FN2O4/c1-22-13-6-10(7-14(23-2)17(13)24-3)16(21)12-9-20-5-4-11(18)8-15(20)19-12/h4-9H,1-3H3. The number of hydrogen-bond acceptors (Lipinski definition) is 5. The number of nitrogens with zero attached hydrogens (tertiary/aromatic N) is 2. The molecule has 0 unspecified atom stereocenters. The lowest BCUT2D eigenvalue weighted by molar-refractivity contribution is 0.103. The van der Waals surface area contributed by atoms with E-state index in [-0.39, 0.29) is 11.5 Å². The molecule has 0 N–H and O–H groups in total. The minimum Gasteiger partial charge on any atom is -0.493 e. The number of ether oxygens (including phenoxy) is 3. The van der Waals surface area contributed by atoms with Gasteiger partial charge in [-0.2, -0.15) is 0 Å². The van der Waals surface area contributed by atoms with Crippen LogP contribution in [-0.4, -0.2) is 36.5 Å². The summed E-state index contributed by atoms with van der Waals surface area (Å²) in [6.07, 6.45) is 3.05. The second-order valence-electron chi connectivity index (χ2n) is 4.98. The summed E-state index contributed by atoms with van der Waals surface area (Å²) in [5.41, 5.74) is 0.869. The Bertz CT molecular complexity index is 895. The molecule has 0 spiro atoms. The number of methoxy groups -OCH3 is 3. The maximum Gasteiger partial charge on any atom is 0.213 e. The summed E-state index contributed by atoms with van der Waals surface area (Å²) in [6, 6.07) is 5.65. The van der Waals surface area contributed by atoms with E-state index in [9.17, 15) is 9.18 Å². The third kappa shape index (κ3) is 2.64. The first-order valence-corrected chi connectivity index (χ1v) is 7.06. The molecule has 0 bridgehead atoms. The fraction of sp³-hybridized carbons (Fsp3) is 0.176. The molecule has 7 heteroatoms. The van der Waals surface area contributed by atoms with Crippen LogP contribution in [0.4, 0.5) is 4.39 Å². The van der Waals surface area contributed by atoms with Gasteiger partial charge in [-0.15, -0.1) is 0 Å². The highest BCUT2D eigenvalue weighted by Gasteiger charge is 2.20. The molecule has 0 aliphatic heterocycles. The minimum atomic E-state index is -0.417. The second-order valence-corrected chi connectivity index (χ2v) is 4.98. The van der Waals surface area contributed by atoms with Crippen molar-refractivity contribution < 1.29 is 23.4 Å². The molecule has 2 aromatic heterocycles. The van der Waals surface area contributed by atoms with E-state index in [2.05, 4.69) is 4.98 Å². The van der Waals surface area contributed by atoms with E-state index in [0.717, 1.165) is 0 Å². The number of rotatable bonds is 5. The Morgan fingerprint density at radius 2 is 1.75 bits per heavy atom. The van der Waals surface area contributed by atoms with E-state index in [1.165, 1.54) is 39.7 Å². The molecular formula is C17H15FN2O4. The SMILES string of the molecule is COc1cc(C(=O)c2cn3ccc(F)cc3n2)cc(OC)c1OC. The van der Waals surface area contributed by atoms with Gasteiger partial charge >= 0.3 is 0 Å². The first-order valence-electron chi connectivity index (χ1n) is 7.06. The van der Waals surface area contributed by atoms with Gasteiger partial charge in [0.2, 0.25) is 11.5 Å². The maximum absolute atomic E-state index is 13.3. The molecule has 3 aromatic rings. The van der Waals surface area contributed by atoms with Crippen LogP contribution in [0.3, 0.4) is 0 Å². The normalized spacial score (nSPS) is 10.7. The van der Waals surface area contributed by atoms with E-state index < -0.39 is 5.82 Å². The topological polar surface area (TPSA) is 62.1 Å². The number of benzene rings is 1. The number of imidazole rings is 1. The van der Waals surface area contributed by atoms with Crippen molar-refractivity contribution in [1.82, 2.24) is 9.38 Å². The van der Waals surface area contributed by atoms with E-state index in [1.807, 2.05) is 0 Å². The van der Waals surface area contributed by atoms with Gasteiger partial charge < -0.3 is 18.6 Å². The van der Waals surface area contributed by atoms with Crippen molar-refractivity contribution in [2.75, 3.05) is 21.3 Å². The van der Waals surface area contributed by atoms with Gasteiger partial charge in [-0.25, -0.2) is 9.37 Å². The van der Waals surface area contributed by atoms with E-state index in [4.69, 9.17) is 14.2 Å². The quantitative estimate of drug-likeness (QED) is 0.673. The number of halogens is 1. The fourth-order valence-electron chi connectivity index (χ4n) is 2.43. The zero-order valence-electron chi connectivity index (χ0n) is 13.4. The summed E-state index contributed by atoms with van der Waals surface area (Å²) in [5, 5.41) is 0. The molecule has 0 atom stereocenters. The summed E-state index contributed by atoms with van der Waals surface area (Å²) < 4.78 is 30.6. The fourth-order valence-corrected chi connectivity index (χ4v) is 2.43. The van der Waals surface area contributed by atoms with Crippen molar-refractivity contribution in [3.05, 3.63) is 53.7 Å². The molecule has 0 radical (unpaired) electrons. The average Bonchev–Trinajstić information content (AvgIpc) is 3.02. The molecular weight excluding hydrogens is 315 g/mol. The van der Waals surface area contributed by atoms with Crippen LogP contribution >= 0.6 is 0 Å². The molecule has 0 aliphatic carbocycles. The minimum absolute atomic E-state index is 0.190. The van der Waals surface area contributed by atoms with Crippen LogP contribution in [0.5, 0.6) is 17.2 Å². The van der Waals surface area contributed by atoms with E-state index in [0.29, 0.717) is 28.5 Å². The second kappa shape index (κ2) is 6.19. The Balaban J connectivity index is 2.08. The van der Waals surface area contributed by atoms with Crippen LogP contribution in [0, 0.1) is 5.82 Å². The Hall–Kier alpha value is -3.09. The zero-order chi connectivity index (χ0) is 17.3. The van der Waals surface area contributed by atoms with Crippen molar-refractivity contribution in [1.29, 1.82) is 0 Å². The van der Waals surface area contributed by atoms with Crippen LogP contribution in [0.25, 0.3) is 5.65 Å². The molecule has 0 saturated carbocycles. The van der Waals surface area contributed by atoms with Gasteiger partial charge in [0.1, 0.15) is 17.2 Å². The molecule has 0 fully saturated rings. The number of aromatic nitrogens is 2. The molecule has 0 amide bonds. The smallest absolute Gasteiger partial charge is 0.213 e. The predicted molar refractivity (Wildman–Crippen MR) is 84.7 cm³/mol. The van der Waals surface area contributed by atoms with Crippen LogP contribution in [0.15, 0.2) is 36.7 Å². The van der Waals surface area contributed by atoms with Gasteiger partial charge in [-0.3, -0.25) is 4.79 Å². The van der Waals surface area contributed by atoms with Crippen LogP contribution < -0.4 is 14.2 Å². The van der Waals surface area contributed by atoms with Crippen LogP contribution in [0.1, 0.15) is 16.1 Å². The highest BCUT2D eigenvalue weighted by atomic mass is 19.1. The van der Waals surface area contributed by atoms with Gasteiger partial charge in [-0.1, -0.05) is 0 Å². The van der Waals surface area contributed by atoms with Crippen LogP contribution in [-0.2, 0) is 0 Å². The van der Waals surface area contributed by atoms with Crippen molar-refractivity contribution >= 4 is 11.4 Å². The first-order chi connectivity index (χ1) is 11.6. The first kappa shape index (κ1) is 15.8. The molecule has 0 aliphatic rings. The number of carbonyl (C=O) groups is 1. The monoisotopic (exact) mass is 330 g/mol. The third-order valence-corrected chi connectivity index (χ3v) is 3.58. The molecule has 1 aromatic carbocycles. The van der Waals surface area contributed by atoms with Gasteiger partial charge in [0.25, 0.3) is 0 Å². The summed E-state index contributed by atoms with van der Waals surface area (Å²) in [4.78, 5) is 16.9. The van der Waals surface area contributed by atoms with Gasteiger partial charge in [0, 0.05) is 24.0 Å². The number of hydrogen-bond donors (Lipinski definition) is 0. The molecule has 124 valence electrons. The van der Waals surface area contributed by atoms with E-state index >= 15 is 0 Å². The zero-order valence-corrected chi connectivity index (χ0v) is 13.4. The Morgan fingerprint density at radius 1 is 1.08 bits per heavy atom.